The molecule has 0 aromatic carbocycles. The Kier molecular flexibility index (Phi) is 4.16. The van der Waals surface area contributed by atoms with Crippen molar-refractivity contribution in [2.75, 3.05) is 0 Å². The van der Waals surface area contributed by atoms with Crippen LogP contribution < -0.4 is 0 Å². The summed E-state index contributed by atoms with van der Waals surface area (Å²) < 4.78 is 37.5. The molecule has 2 atom stereocenters. The third-order valence-corrected chi connectivity index (χ3v) is 3.07. The number of hydrogen-bond donors (Lipinski definition) is 0. The van der Waals surface area contributed by atoms with Crippen molar-refractivity contribution in [3.63, 3.8) is 0 Å². The van der Waals surface area contributed by atoms with Crippen molar-refractivity contribution in [1.82, 2.24) is 0 Å². The number of allylic oxidation sites excluding steroid dienone is 1. The van der Waals surface area contributed by atoms with E-state index >= 15 is 0 Å². The van der Waals surface area contributed by atoms with Gasteiger partial charge in [-0.3, -0.25) is 4.79 Å². The first-order chi connectivity index (χ1) is 7.30. The van der Waals surface area contributed by atoms with Gasteiger partial charge in [-0.2, -0.15) is 13.2 Å². The van der Waals surface area contributed by atoms with Gasteiger partial charge in [-0.1, -0.05) is 18.6 Å². The van der Waals surface area contributed by atoms with Gasteiger partial charge in [0.05, 0.1) is 5.92 Å². The van der Waals surface area contributed by atoms with Gasteiger partial charge >= 0.3 is 6.18 Å². The molecule has 1 fully saturated rings. The number of carbonyl (C=O) groups is 1. The van der Waals surface area contributed by atoms with E-state index in [1.165, 1.54) is 0 Å². The van der Waals surface area contributed by atoms with Gasteiger partial charge in [0, 0.05) is 12.3 Å². The molecule has 0 spiro atoms. The van der Waals surface area contributed by atoms with Gasteiger partial charge in [0.2, 0.25) is 0 Å². The van der Waals surface area contributed by atoms with Crippen molar-refractivity contribution >= 4 is 5.78 Å². The lowest BCUT2D eigenvalue weighted by Crippen LogP contribution is -2.31. The second kappa shape index (κ2) is 5.02. The van der Waals surface area contributed by atoms with Gasteiger partial charge in [-0.05, 0) is 26.2 Å². The smallest absolute Gasteiger partial charge is 0.299 e. The Labute approximate surface area is 93.7 Å². The molecule has 0 bridgehead atoms. The molecule has 1 saturated carbocycles. The number of ketones is 1. The fraction of sp³-hybridized carbons (Fsp3) is 0.750. The molecule has 92 valence electrons. The van der Waals surface area contributed by atoms with Gasteiger partial charge in [-0.25, -0.2) is 0 Å². The minimum absolute atomic E-state index is 0.0321. The van der Waals surface area contributed by atoms with E-state index in [9.17, 15) is 18.0 Å². The Morgan fingerprint density at radius 3 is 2.50 bits per heavy atom. The first-order valence-corrected chi connectivity index (χ1v) is 5.54. The van der Waals surface area contributed by atoms with Crippen molar-refractivity contribution in [2.24, 2.45) is 11.8 Å². The molecule has 0 aromatic heterocycles. The van der Waals surface area contributed by atoms with Crippen LogP contribution in [0.15, 0.2) is 12.2 Å². The van der Waals surface area contributed by atoms with Crippen molar-refractivity contribution in [3.8, 4) is 0 Å². The van der Waals surface area contributed by atoms with Gasteiger partial charge in [0.25, 0.3) is 0 Å². The molecule has 0 aromatic rings. The first kappa shape index (κ1) is 13.3. The molecule has 0 saturated heterocycles. The van der Waals surface area contributed by atoms with Crippen LogP contribution in [-0.4, -0.2) is 12.0 Å². The quantitative estimate of drug-likeness (QED) is 0.677. The van der Waals surface area contributed by atoms with E-state index < -0.39 is 18.0 Å². The summed E-state index contributed by atoms with van der Waals surface area (Å²) in [5, 5.41) is 0. The zero-order valence-electron chi connectivity index (χ0n) is 9.44. The molecule has 1 aliphatic rings. The Bertz CT molecular complexity index is 280. The SMILES string of the molecule is C=C(C)CC(=O)C1CCCC(C(F)(F)F)C1. The summed E-state index contributed by atoms with van der Waals surface area (Å²) in [6.45, 7) is 5.34. The Morgan fingerprint density at radius 1 is 1.38 bits per heavy atom. The molecule has 1 rings (SSSR count). The molecule has 1 nitrogen and oxygen atoms in total. The predicted molar refractivity (Wildman–Crippen MR) is 55.9 cm³/mol. The number of hydrogen-bond acceptors (Lipinski definition) is 1. The second-order valence-electron chi connectivity index (χ2n) is 4.70. The third kappa shape index (κ3) is 3.65. The molecule has 0 heterocycles. The lowest BCUT2D eigenvalue weighted by atomic mass is 9.78. The van der Waals surface area contributed by atoms with Crippen molar-refractivity contribution < 1.29 is 18.0 Å². The van der Waals surface area contributed by atoms with E-state index in [0.29, 0.717) is 12.8 Å². The monoisotopic (exact) mass is 234 g/mol. The minimum Gasteiger partial charge on any atom is -0.299 e. The largest absolute Gasteiger partial charge is 0.391 e. The second-order valence-corrected chi connectivity index (χ2v) is 4.70. The highest BCUT2D eigenvalue weighted by molar-refractivity contribution is 5.83. The van der Waals surface area contributed by atoms with Gasteiger partial charge in [-0.15, -0.1) is 0 Å². The summed E-state index contributed by atoms with van der Waals surface area (Å²) >= 11 is 0. The van der Waals surface area contributed by atoms with Crippen molar-refractivity contribution in [3.05, 3.63) is 12.2 Å². The molecule has 0 N–H and O–H groups in total. The highest BCUT2D eigenvalue weighted by Gasteiger charge is 2.43. The van der Waals surface area contributed by atoms with Crippen LogP contribution in [0.5, 0.6) is 0 Å². The molecule has 1 aliphatic carbocycles. The highest BCUT2D eigenvalue weighted by atomic mass is 19.4. The average Bonchev–Trinajstić information content (AvgIpc) is 2.15. The molecule has 16 heavy (non-hydrogen) atoms. The lowest BCUT2D eigenvalue weighted by Gasteiger charge is -2.29. The van der Waals surface area contributed by atoms with Crippen LogP contribution in [0.3, 0.4) is 0 Å². The molecular weight excluding hydrogens is 217 g/mol. The number of carbonyl (C=O) groups excluding carboxylic acids is 1. The zero-order chi connectivity index (χ0) is 12.3. The summed E-state index contributed by atoms with van der Waals surface area (Å²) in [5.74, 6) is -1.79. The average molecular weight is 234 g/mol. The van der Waals surface area contributed by atoms with Crippen LogP contribution >= 0.6 is 0 Å². The lowest BCUT2D eigenvalue weighted by molar-refractivity contribution is -0.186. The van der Waals surface area contributed by atoms with Crippen molar-refractivity contribution in [1.29, 1.82) is 0 Å². The summed E-state index contributed by atoms with van der Waals surface area (Å²) in [6, 6.07) is 0. The van der Waals surface area contributed by atoms with Crippen LogP contribution in [0, 0.1) is 11.8 Å². The Morgan fingerprint density at radius 2 is 2.00 bits per heavy atom. The van der Waals surface area contributed by atoms with E-state index in [1.807, 2.05) is 0 Å². The van der Waals surface area contributed by atoms with Gasteiger partial charge < -0.3 is 0 Å². The van der Waals surface area contributed by atoms with Crippen LogP contribution in [0.25, 0.3) is 0 Å². The summed E-state index contributed by atoms with van der Waals surface area (Å²) in [4.78, 5) is 11.7. The van der Waals surface area contributed by atoms with Gasteiger partial charge in [0.1, 0.15) is 5.78 Å². The van der Waals surface area contributed by atoms with Crippen LogP contribution in [0.4, 0.5) is 13.2 Å². The van der Waals surface area contributed by atoms with Crippen molar-refractivity contribution in [2.45, 2.75) is 45.2 Å². The number of rotatable bonds is 3. The standard InChI is InChI=1S/C12H17F3O/c1-8(2)6-11(16)9-4-3-5-10(7-9)12(13,14)15/h9-10H,1,3-7H2,2H3. The van der Waals surface area contributed by atoms with E-state index in [0.717, 1.165) is 5.57 Å². The van der Waals surface area contributed by atoms with E-state index in [4.69, 9.17) is 0 Å². The maximum atomic E-state index is 12.5. The topological polar surface area (TPSA) is 17.1 Å². The fourth-order valence-corrected chi connectivity index (χ4v) is 2.22. The summed E-state index contributed by atoms with van der Waals surface area (Å²) in [6.07, 6.45) is -2.71. The van der Waals surface area contributed by atoms with E-state index in [-0.39, 0.29) is 25.0 Å². The van der Waals surface area contributed by atoms with Crippen LogP contribution in [0.1, 0.15) is 39.0 Å². The van der Waals surface area contributed by atoms with E-state index in [2.05, 4.69) is 6.58 Å². The maximum absolute atomic E-state index is 12.5. The number of alkyl halides is 3. The van der Waals surface area contributed by atoms with Crippen LogP contribution in [0.2, 0.25) is 0 Å². The van der Waals surface area contributed by atoms with E-state index in [1.54, 1.807) is 6.92 Å². The van der Waals surface area contributed by atoms with Gasteiger partial charge in [0.15, 0.2) is 0 Å². The normalized spacial score (nSPS) is 26.5. The number of halogens is 3. The summed E-state index contributed by atoms with van der Waals surface area (Å²) in [5.41, 5.74) is 0.721. The first-order valence-electron chi connectivity index (χ1n) is 5.54. The Hall–Kier alpha value is -0.800. The maximum Gasteiger partial charge on any atom is 0.391 e. The predicted octanol–water partition coefficient (Wildman–Crippen LogP) is 3.89. The zero-order valence-corrected chi connectivity index (χ0v) is 9.44. The molecule has 2 unspecified atom stereocenters. The highest BCUT2D eigenvalue weighted by Crippen LogP contribution is 2.40. The minimum atomic E-state index is -4.15. The fourth-order valence-electron chi connectivity index (χ4n) is 2.22. The third-order valence-electron chi connectivity index (χ3n) is 3.07. The molecule has 0 radical (unpaired) electrons. The number of Topliss-reactive ketones (excluding diaryl/α,β-unsaturated/α-hetero) is 1. The summed E-state index contributed by atoms with van der Waals surface area (Å²) in [7, 11) is 0. The molecule has 4 heteroatoms. The molecule has 0 aliphatic heterocycles. The molecular formula is C12H17F3O. The molecule has 0 amide bonds. The van der Waals surface area contributed by atoms with Crippen LogP contribution in [-0.2, 0) is 4.79 Å². The Balaban J connectivity index is 2.57.